The molecule has 1 atom stereocenters. The van der Waals surface area contributed by atoms with E-state index in [0.717, 1.165) is 16.9 Å². The molecule has 172 valence electrons. The zero-order chi connectivity index (χ0) is 23.5. The molecule has 0 saturated carbocycles. The van der Waals surface area contributed by atoms with E-state index in [1.165, 1.54) is 0 Å². The zero-order valence-electron chi connectivity index (χ0n) is 19.3. The summed E-state index contributed by atoms with van der Waals surface area (Å²) in [4.78, 5) is 32.2. The summed E-state index contributed by atoms with van der Waals surface area (Å²) in [5.74, 6) is 1.52. The fourth-order valence-corrected chi connectivity index (χ4v) is 4.26. The number of benzene rings is 2. The molecule has 1 fully saturated rings. The third kappa shape index (κ3) is 4.16. The number of para-hydroxylation sites is 1. The molecule has 1 amide bonds. The number of ether oxygens (including phenoxy) is 2. The number of hydrogen-bond acceptors (Lipinski definition) is 6. The van der Waals surface area contributed by atoms with Crippen LogP contribution in [-0.4, -0.2) is 51.4 Å². The fourth-order valence-electron chi connectivity index (χ4n) is 4.26. The lowest BCUT2D eigenvalue weighted by molar-refractivity contribution is -0.121. The summed E-state index contributed by atoms with van der Waals surface area (Å²) in [7, 11) is 4.83. The molecule has 33 heavy (non-hydrogen) atoms. The second kappa shape index (κ2) is 9.36. The first-order chi connectivity index (χ1) is 16.0. The van der Waals surface area contributed by atoms with Crippen LogP contribution in [0.25, 0.3) is 0 Å². The van der Waals surface area contributed by atoms with Gasteiger partial charge in [-0.15, -0.1) is 0 Å². The average Bonchev–Trinajstić information content (AvgIpc) is 3.39. The van der Waals surface area contributed by atoms with E-state index in [1.54, 1.807) is 34.3 Å². The predicted octanol–water partition coefficient (Wildman–Crippen LogP) is 2.94. The van der Waals surface area contributed by atoms with Gasteiger partial charge in [-0.1, -0.05) is 25.1 Å². The van der Waals surface area contributed by atoms with Gasteiger partial charge >= 0.3 is 0 Å². The molecule has 2 N–H and O–H groups in total. The van der Waals surface area contributed by atoms with Gasteiger partial charge in [-0.2, -0.15) is 0 Å². The first-order valence-electron chi connectivity index (χ1n) is 10.9. The summed E-state index contributed by atoms with van der Waals surface area (Å²) in [6.07, 6.45) is 0.951. The van der Waals surface area contributed by atoms with Gasteiger partial charge in [0.25, 0.3) is 0 Å². The first-order valence-corrected chi connectivity index (χ1v) is 10.9. The van der Waals surface area contributed by atoms with Crippen molar-refractivity contribution >= 4 is 28.9 Å². The Bertz CT molecular complexity index is 1110. The van der Waals surface area contributed by atoms with Crippen LogP contribution in [-0.2, 0) is 16.0 Å². The summed E-state index contributed by atoms with van der Waals surface area (Å²) in [5, 5.41) is 6.27. The van der Waals surface area contributed by atoms with Crippen molar-refractivity contribution < 1.29 is 19.1 Å². The van der Waals surface area contributed by atoms with Crippen LogP contribution in [0.2, 0.25) is 0 Å². The van der Waals surface area contributed by atoms with Gasteiger partial charge in [0.05, 0.1) is 25.5 Å². The van der Waals surface area contributed by atoms with E-state index in [-0.39, 0.29) is 18.2 Å². The number of hydrogen-bond donors (Lipinski definition) is 2. The van der Waals surface area contributed by atoms with Crippen molar-refractivity contribution in [3.63, 3.8) is 0 Å². The molecule has 2 aliphatic heterocycles. The minimum atomic E-state index is -0.649. The van der Waals surface area contributed by atoms with Gasteiger partial charge < -0.3 is 25.0 Å². The van der Waals surface area contributed by atoms with Crippen LogP contribution in [0.4, 0.5) is 11.4 Å². The normalized spacial score (nSPS) is 20.6. The summed E-state index contributed by atoms with van der Waals surface area (Å²) >= 11 is 0. The number of Topliss-reactive ketones (excluding diaryl/α,β-unsaturated/α-hetero) is 1. The van der Waals surface area contributed by atoms with Gasteiger partial charge in [0, 0.05) is 56.0 Å². The van der Waals surface area contributed by atoms with E-state index in [1.807, 2.05) is 41.3 Å². The molecule has 0 radical (unpaired) electrons. The third-order valence-electron chi connectivity index (χ3n) is 5.92. The number of rotatable bonds is 6. The number of amides is 1. The van der Waals surface area contributed by atoms with Crippen molar-refractivity contribution in [3.05, 3.63) is 59.3 Å². The molecule has 4 rings (SSSR count). The Hall–Kier alpha value is -3.81. The Morgan fingerprint density at radius 2 is 1.88 bits per heavy atom. The molecule has 2 heterocycles. The van der Waals surface area contributed by atoms with Gasteiger partial charge in [-0.3, -0.25) is 14.6 Å². The molecule has 0 spiro atoms. The van der Waals surface area contributed by atoms with E-state index in [4.69, 9.17) is 9.47 Å². The molecule has 2 aromatic carbocycles. The van der Waals surface area contributed by atoms with Gasteiger partial charge in [0.1, 0.15) is 23.4 Å². The maximum Gasteiger partial charge on any atom is 0.219 e. The van der Waals surface area contributed by atoms with Crippen molar-refractivity contribution in [2.24, 2.45) is 4.99 Å². The van der Waals surface area contributed by atoms with Crippen LogP contribution in [0.1, 0.15) is 18.9 Å². The highest BCUT2D eigenvalue weighted by Gasteiger charge is 2.44. The molecule has 2 aromatic rings. The number of anilines is 2. The minimum absolute atomic E-state index is 0.0934. The Kier molecular flexibility index (Phi) is 6.35. The number of nitrogens with zero attached hydrogens (tertiary/aromatic N) is 2. The minimum Gasteiger partial charge on any atom is -0.497 e. The van der Waals surface area contributed by atoms with Crippen molar-refractivity contribution in [2.45, 2.75) is 25.8 Å². The smallest absolute Gasteiger partial charge is 0.219 e. The zero-order valence-corrected chi connectivity index (χ0v) is 19.3. The number of allylic oxidation sites excluding steroid dienone is 1. The molecular formula is C25H28N4O4. The molecule has 8 heteroatoms. The topological polar surface area (TPSA) is 92.3 Å². The molecule has 0 aliphatic carbocycles. The molecule has 1 saturated heterocycles. The maximum atomic E-state index is 13.8. The lowest BCUT2D eigenvalue weighted by atomic mass is 10.0. The summed E-state index contributed by atoms with van der Waals surface area (Å²) in [6, 6.07) is 12.8. The number of carbonyl (C=O) groups is 2. The van der Waals surface area contributed by atoms with Gasteiger partial charge in [-0.05, 0) is 11.6 Å². The quantitative estimate of drug-likeness (QED) is 0.661. The third-order valence-corrected chi connectivity index (χ3v) is 5.92. The maximum absolute atomic E-state index is 13.8. The monoisotopic (exact) mass is 448 g/mol. The Labute approximate surface area is 193 Å². The van der Waals surface area contributed by atoms with Crippen molar-refractivity contribution in [2.75, 3.05) is 38.0 Å². The Morgan fingerprint density at radius 1 is 1.18 bits per heavy atom. The highest BCUT2D eigenvalue weighted by molar-refractivity contribution is 6.36. The van der Waals surface area contributed by atoms with E-state index in [0.29, 0.717) is 41.4 Å². The first kappa shape index (κ1) is 22.4. The molecule has 0 aromatic heterocycles. The van der Waals surface area contributed by atoms with Crippen LogP contribution in [0.3, 0.4) is 0 Å². The summed E-state index contributed by atoms with van der Waals surface area (Å²) in [6.45, 7) is 1.94. The highest BCUT2D eigenvalue weighted by Crippen LogP contribution is 2.38. The number of fused-ring (bicyclic) bond motifs is 1. The second-order valence-electron chi connectivity index (χ2n) is 7.84. The molecule has 1 unspecified atom stereocenters. The molecular weight excluding hydrogens is 420 g/mol. The molecule has 0 bridgehead atoms. The van der Waals surface area contributed by atoms with E-state index in [9.17, 15) is 9.59 Å². The van der Waals surface area contributed by atoms with Crippen molar-refractivity contribution in [1.82, 2.24) is 5.32 Å². The highest BCUT2D eigenvalue weighted by atomic mass is 16.5. The van der Waals surface area contributed by atoms with Gasteiger partial charge in [0.15, 0.2) is 5.78 Å². The number of amidine groups is 1. The van der Waals surface area contributed by atoms with E-state index in [2.05, 4.69) is 15.6 Å². The summed E-state index contributed by atoms with van der Waals surface area (Å²) in [5.41, 5.74) is 4.15. The lowest BCUT2D eigenvalue weighted by Crippen LogP contribution is -2.44. The predicted molar refractivity (Wildman–Crippen MR) is 128 cm³/mol. The van der Waals surface area contributed by atoms with Crippen LogP contribution in [0.15, 0.2) is 58.7 Å². The molecule has 8 nitrogen and oxygen atoms in total. The Morgan fingerprint density at radius 3 is 2.48 bits per heavy atom. The van der Waals surface area contributed by atoms with Crippen LogP contribution < -0.4 is 25.0 Å². The number of nitrogens with one attached hydrogen (secondary N) is 2. The lowest BCUT2D eigenvalue weighted by Gasteiger charge is -2.26. The van der Waals surface area contributed by atoms with Gasteiger partial charge in [-0.25, -0.2) is 0 Å². The average molecular weight is 449 g/mol. The second-order valence-corrected chi connectivity index (χ2v) is 7.84. The van der Waals surface area contributed by atoms with Crippen LogP contribution in [0.5, 0.6) is 11.5 Å². The number of ketones is 1. The van der Waals surface area contributed by atoms with Crippen LogP contribution >= 0.6 is 0 Å². The summed E-state index contributed by atoms with van der Waals surface area (Å²) < 4.78 is 10.9. The number of carbonyl (C=O) groups excluding carboxylic acids is 2. The van der Waals surface area contributed by atoms with E-state index >= 15 is 0 Å². The largest absolute Gasteiger partial charge is 0.497 e. The number of aliphatic imine (C=N–C) groups is 1. The standard InChI is InChI=1S/C25H28N4O4/c1-5-22(30)27-14-21-24(31)23(20-10-15-8-6-7-9-19(15)28-20)25(26-2)29(21)16-11-17(32-3)13-18(12-16)33-4/h6-9,11-13,21,28H,5,10,14H2,1-4H3,(H,27,30). The van der Waals surface area contributed by atoms with Gasteiger partial charge in [0.2, 0.25) is 5.91 Å². The van der Waals surface area contributed by atoms with Crippen LogP contribution in [0, 0.1) is 0 Å². The fraction of sp³-hybridized carbons (Fsp3) is 0.320. The number of methoxy groups -OCH3 is 2. The van der Waals surface area contributed by atoms with Crippen molar-refractivity contribution in [3.8, 4) is 11.5 Å². The SMILES string of the molecule is CCC(=O)NCC1C(=O)C(=C2Cc3ccccc3N2)C(=NC)N1c1cc(OC)cc(OC)c1. The molecule has 2 aliphatic rings. The Balaban J connectivity index is 1.82. The van der Waals surface area contributed by atoms with E-state index < -0.39 is 6.04 Å². The van der Waals surface area contributed by atoms with Crippen molar-refractivity contribution in [1.29, 1.82) is 0 Å².